The molecular weight excluding hydrogens is 180 g/mol. The molecule has 0 atom stereocenters. The summed E-state index contributed by atoms with van der Waals surface area (Å²) in [5, 5.41) is 0. The summed E-state index contributed by atoms with van der Waals surface area (Å²) in [6.45, 7) is 6.51. The largest absolute Gasteiger partial charge is 0.258 e. The lowest BCUT2D eigenvalue weighted by atomic mass is 9.92. The van der Waals surface area contributed by atoms with E-state index in [9.17, 15) is 0 Å². The van der Waals surface area contributed by atoms with Crippen LogP contribution in [-0.2, 0) is 5.41 Å². The lowest BCUT2D eigenvalue weighted by Gasteiger charge is -2.16. The molecule has 0 N–H and O–H groups in total. The fourth-order valence-electron chi connectivity index (χ4n) is 1.17. The van der Waals surface area contributed by atoms with Crippen LogP contribution < -0.4 is 0 Å². The summed E-state index contributed by atoms with van der Waals surface area (Å²) in [5.74, 6) is 0. The number of aromatic nitrogens is 2. The van der Waals surface area contributed by atoms with Gasteiger partial charge in [-0.25, -0.2) is 4.98 Å². The van der Waals surface area contributed by atoms with Crippen LogP contribution in [0.4, 0.5) is 0 Å². The van der Waals surface area contributed by atoms with Crippen molar-refractivity contribution in [2.45, 2.75) is 26.2 Å². The molecule has 0 fully saturated rings. The zero-order chi connectivity index (χ0) is 9.47. The lowest BCUT2D eigenvalue weighted by molar-refractivity contribution is 0.570. The standard InChI is InChI=1S/C10H12N2S/c1-10(2,3)9-4-8-7(5-11-9)12-6-13-8/h4-6H,1-3H3. The minimum atomic E-state index is 0.123. The van der Waals surface area contributed by atoms with Crippen molar-refractivity contribution in [2.24, 2.45) is 0 Å². The maximum Gasteiger partial charge on any atom is 0.0995 e. The summed E-state index contributed by atoms with van der Waals surface area (Å²) in [5.41, 5.74) is 4.11. The summed E-state index contributed by atoms with van der Waals surface area (Å²) < 4.78 is 1.22. The number of pyridine rings is 1. The van der Waals surface area contributed by atoms with E-state index in [-0.39, 0.29) is 5.41 Å². The zero-order valence-corrected chi connectivity index (χ0v) is 8.85. The Hall–Kier alpha value is -0.960. The molecule has 0 saturated carbocycles. The highest BCUT2D eigenvalue weighted by atomic mass is 32.1. The van der Waals surface area contributed by atoms with Crippen LogP contribution in [0.5, 0.6) is 0 Å². The molecule has 3 heteroatoms. The van der Waals surface area contributed by atoms with Crippen LogP contribution >= 0.6 is 11.3 Å². The Morgan fingerprint density at radius 2 is 2.00 bits per heavy atom. The molecule has 2 nitrogen and oxygen atoms in total. The van der Waals surface area contributed by atoms with Crippen molar-refractivity contribution in [1.82, 2.24) is 9.97 Å². The average Bonchev–Trinajstić information content (AvgIpc) is 2.47. The van der Waals surface area contributed by atoms with Crippen LogP contribution in [-0.4, -0.2) is 9.97 Å². The van der Waals surface area contributed by atoms with Gasteiger partial charge in [-0.1, -0.05) is 20.8 Å². The van der Waals surface area contributed by atoms with Crippen molar-refractivity contribution < 1.29 is 0 Å². The predicted molar refractivity (Wildman–Crippen MR) is 56.1 cm³/mol. The number of rotatable bonds is 0. The highest BCUT2D eigenvalue weighted by Gasteiger charge is 2.15. The Bertz CT molecular complexity index is 426. The molecule has 0 aliphatic carbocycles. The van der Waals surface area contributed by atoms with Gasteiger partial charge in [0.1, 0.15) is 0 Å². The first-order chi connectivity index (χ1) is 6.07. The Labute approximate surface area is 81.7 Å². The Balaban J connectivity index is 2.61. The van der Waals surface area contributed by atoms with E-state index in [1.807, 2.05) is 11.7 Å². The molecule has 13 heavy (non-hydrogen) atoms. The molecule has 68 valence electrons. The summed E-state index contributed by atoms with van der Waals surface area (Å²) in [7, 11) is 0. The van der Waals surface area contributed by atoms with Crippen molar-refractivity contribution in [3.05, 3.63) is 23.5 Å². The van der Waals surface area contributed by atoms with Gasteiger partial charge in [0.05, 0.1) is 21.9 Å². The Kier molecular flexibility index (Phi) is 1.84. The minimum Gasteiger partial charge on any atom is -0.258 e. The van der Waals surface area contributed by atoms with Gasteiger partial charge >= 0.3 is 0 Å². The van der Waals surface area contributed by atoms with Gasteiger partial charge in [0.2, 0.25) is 0 Å². The van der Waals surface area contributed by atoms with Gasteiger partial charge in [0.15, 0.2) is 0 Å². The van der Waals surface area contributed by atoms with Crippen LogP contribution in [0.2, 0.25) is 0 Å². The van der Waals surface area contributed by atoms with Crippen molar-refractivity contribution in [2.75, 3.05) is 0 Å². The normalized spacial score (nSPS) is 12.2. The third kappa shape index (κ3) is 1.56. The van der Waals surface area contributed by atoms with Gasteiger partial charge in [-0.05, 0) is 6.07 Å². The first kappa shape index (κ1) is 8.63. The second-order valence-electron chi connectivity index (χ2n) is 4.14. The third-order valence-electron chi connectivity index (χ3n) is 1.99. The van der Waals surface area contributed by atoms with E-state index < -0.39 is 0 Å². The lowest BCUT2D eigenvalue weighted by Crippen LogP contribution is -2.12. The van der Waals surface area contributed by atoms with Gasteiger partial charge in [0, 0.05) is 11.1 Å². The van der Waals surface area contributed by atoms with E-state index in [0.29, 0.717) is 0 Å². The molecule has 2 aromatic rings. The van der Waals surface area contributed by atoms with Crippen LogP contribution in [0.25, 0.3) is 10.2 Å². The second-order valence-corrected chi connectivity index (χ2v) is 5.03. The van der Waals surface area contributed by atoms with E-state index in [4.69, 9.17) is 0 Å². The number of hydrogen-bond acceptors (Lipinski definition) is 3. The van der Waals surface area contributed by atoms with Crippen LogP contribution in [0, 0.1) is 0 Å². The second kappa shape index (κ2) is 2.77. The zero-order valence-electron chi connectivity index (χ0n) is 8.03. The SMILES string of the molecule is CC(C)(C)c1cc2scnc2cn1. The minimum absolute atomic E-state index is 0.123. The average molecular weight is 192 g/mol. The Morgan fingerprint density at radius 1 is 1.23 bits per heavy atom. The molecule has 0 bridgehead atoms. The van der Waals surface area contributed by atoms with Crippen molar-refractivity contribution in [3.8, 4) is 0 Å². The van der Waals surface area contributed by atoms with Crippen molar-refractivity contribution in [1.29, 1.82) is 0 Å². The summed E-state index contributed by atoms with van der Waals surface area (Å²) >= 11 is 1.67. The molecule has 2 rings (SSSR count). The molecule has 0 saturated heterocycles. The van der Waals surface area contributed by atoms with Crippen LogP contribution in [0.15, 0.2) is 17.8 Å². The van der Waals surface area contributed by atoms with E-state index in [2.05, 4.69) is 36.8 Å². The van der Waals surface area contributed by atoms with Crippen molar-refractivity contribution >= 4 is 21.6 Å². The van der Waals surface area contributed by atoms with Crippen LogP contribution in [0.1, 0.15) is 26.5 Å². The molecule has 0 unspecified atom stereocenters. The van der Waals surface area contributed by atoms with E-state index in [1.165, 1.54) is 4.70 Å². The predicted octanol–water partition coefficient (Wildman–Crippen LogP) is 2.99. The summed E-state index contributed by atoms with van der Waals surface area (Å²) in [6.07, 6.45) is 1.85. The molecular formula is C10H12N2S. The van der Waals surface area contributed by atoms with Crippen LogP contribution in [0.3, 0.4) is 0 Å². The van der Waals surface area contributed by atoms with Gasteiger partial charge in [0.25, 0.3) is 0 Å². The quantitative estimate of drug-likeness (QED) is 0.641. The number of fused-ring (bicyclic) bond motifs is 1. The Morgan fingerprint density at radius 3 is 2.69 bits per heavy atom. The smallest absolute Gasteiger partial charge is 0.0995 e. The summed E-state index contributed by atoms with van der Waals surface area (Å²) in [6, 6.07) is 2.13. The third-order valence-corrected chi connectivity index (χ3v) is 2.78. The monoisotopic (exact) mass is 192 g/mol. The van der Waals surface area contributed by atoms with Crippen molar-refractivity contribution in [3.63, 3.8) is 0 Å². The molecule has 2 heterocycles. The molecule has 0 amide bonds. The number of thiazole rings is 1. The molecule has 0 aliphatic rings. The van der Waals surface area contributed by atoms with Gasteiger partial charge in [-0.2, -0.15) is 0 Å². The first-order valence-corrected chi connectivity index (χ1v) is 5.15. The maximum absolute atomic E-state index is 4.39. The fraction of sp³-hybridized carbons (Fsp3) is 0.400. The maximum atomic E-state index is 4.39. The molecule has 0 radical (unpaired) electrons. The topological polar surface area (TPSA) is 25.8 Å². The molecule has 0 spiro atoms. The van der Waals surface area contributed by atoms with E-state index in [1.54, 1.807) is 11.3 Å². The highest BCUT2D eigenvalue weighted by Crippen LogP contribution is 2.24. The van der Waals surface area contributed by atoms with E-state index >= 15 is 0 Å². The number of nitrogens with zero attached hydrogens (tertiary/aromatic N) is 2. The molecule has 0 aliphatic heterocycles. The van der Waals surface area contributed by atoms with Gasteiger partial charge in [-0.15, -0.1) is 11.3 Å². The first-order valence-electron chi connectivity index (χ1n) is 4.27. The van der Waals surface area contributed by atoms with Gasteiger partial charge in [-0.3, -0.25) is 4.98 Å². The number of hydrogen-bond donors (Lipinski definition) is 0. The molecule has 0 aromatic carbocycles. The fourth-order valence-corrected chi connectivity index (χ4v) is 1.86. The van der Waals surface area contributed by atoms with E-state index in [0.717, 1.165) is 11.2 Å². The highest BCUT2D eigenvalue weighted by molar-refractivity contribution is 7.16. The van der Waals surface area contributed by atoms with Gasteiger partial charge < -0.3 is 0 Å². The molecule has 2 aromatic heterocycles. The summed E-state index contributed by atoms with van der Waals surface area (Å²) in [4.78, 5) is 8.59.